The fourth-order valence-electron chi connectivity index (χ4n) is 4.05. The Morgan fingerprint density at radius 1 is 1.15 bits per heavy atom. The van der Waals surface area contributed by atoms with Gasteiger partial charge in [-0.2, -0.15) is 18.3 Å². The number of hydrogen-bond acceptors (Lipinski definition) is 8. The summed E-state index contributed by atoms with van der Waals surface area (Å²) in [5, 5.41) is 9.35. The molecule has 4 heterocycles. The van der Waals surface area contributed by atoms with E-state index < -0.39 is 11.7 Å². The zero-order valence-corrected chi connectivity index (χ0v) is 18.6. The number of nitrogens with zero attached hydrogens (tertiary/aromatic N) is 5. The predicted molar refractivity (Wildman–Crippen MR) is 116 cm³/mol. The van der Waals surface area contributed by atoms with Crippen molar-refractivity contribution in [1.29, 1.82) is 0 Å². The van der Waals surface area contributed by atoms with Crippen molar-refractivity contribution in [2.45, 2.75) is 44.6 Å². The van der Waals surface area contributed by atoms with Gasteiger partial charge in [-0.15, -0.1) is 0 Å². The lowest BCUT2D eigenvalue weighted by molar-refractivity contribution is -0.138. The van der Waals surface area contributed by atoms with Gasteiger partial charge in [0.15, 0.2) is 0 Å². The molecule has 0 radical (unpaired) electrons. The number of anilines is 2. The summed E-state index contributed by atoms with van der Waals surface area (Å²) in [6, 6.07) is 0. The van der Waals surface area contributed by atoms with Crippen molar-refractivity contribution in [3.05, 3.63) is 40.1 Å². The topological polar surface area (TPSA) is 116 Å². The van der Waals surface area contributed by atoms with E-state index in [0.717, 1.165) is 25.2 Å². The van der Waals surface area contributed by atoms with Gasteiger partial charge >= 0.3 is 6.18 Å². The second-order valence-electron chi connectivity index (χ2n) is 8.42. The SMILES string of the molecule is Cc1c(NC[C@H]2CC[C@@H](CC(=O)N3CCN(c4ncc(C(F)(F)F)cn4)CC3)O2)cn[nH]c1=O. The van der Waals surface area contributed by atoms with E-state index in [2.05, 4.69) is 25.5 Å². The van der Waals surface area contributed by atoms with Gasteiger partial charge in [0.25, 0.3) is 5.56 Å². The Labute approximate surface area is 193 Å². The maximum absolute atomic E-state index is 12.7. The number of rotatable bonds is 6. The number of nitrogens with one attached hydrogen (secondary N) is 2. The molecule has 2 N–H and O–H groups in total. The molecule has 2 aliphatic heterocycles. The number of piperazine rings is 1. The molecular weight excluding hydrogens is 455 g/mol. The van der Waals surface area contributed by atoms with Crippen molar-refractivity contribution < 1.29 is 22.7 Å². The maximum Gasteiger partial charge on any atom is 0.419 e. The summed E-state index contributed by atoms with van der Waals surface area (Å²) in [5.74, 6) is 0.210. The predicted octanol–water partition coefficient (Wildman–Crippen LogP) is 1.59. The summed E-state index contributed by atoms with van der Waals surface area (Å²) in [5.41, 5.74) is 0.0764. The standard InChI is InChI=1S/C21H26F3N7O3/c1-13-17(12-28-29-19(13)33)25-11-16-3-2-15(34-16)8-18(32)30-4-6-31(7-5-30)20-26-9-14(10-27-20)21(22,23)24/h9-10,12,15-16H,2-8,11H2,1H3,(H2,25,29,33)/t15-,16+/m0/s1. The third-order valence-corrected chi connectivity index (χ3v) is 6.10. The molecule has 2 atom stereocenters. The normalized spacial score (nSPS) is 21.1. The Balaban J connectivity index is 1.21. The summed E-state index contributed by atoms with van der Waals surface area (Å²) in [6.07, 6.45) is 0.244. The molecule has 0 aliphatic carbocycles. The second-order valence-corrected chi connectivity index (χ2v) is 8.42. The molecule has 0 aromatic carbocycles. The first-order chi connectivity index (χ1) is 16.2. The highest BCUT2D eigenvalue weighted by Gasteiger charge is 2.33. The number of aromatic nitrogens is 4. The Kier molecular flexibility index (Phi) is 7.00. The van der Waals surface area contributed by atoms with Crippen LogP contribution in [0, 0.1) is 6.92 Å². The van der Waals surface area contributed by atoms with Crippen molar-refractivity contribution in [2.24, 2.45) is 0 Å². The van der Waals surface area contributed by atoms with Crippen LogP contribution in [0.3, 0.4) is 0 Å². The number of halogens is 3. The van der Waals surface area contributed by atoms with E-state index in [-0.39, 0.29) is 36.0 Å². The molecule has 2 aliphatic rings. The largest absolute Gasteiger partial charge is 0.419 e. The van der Waals surface area contributed by atoms with Crippen LogP contribution in [0.4, 0.5) is 24.8 Å². The minimum atomic E-state index is -4.47. The second kappa shape index (κ2) is 9.95. The summed E-state index contributed by atoms with van der Waals surface area (Å²) < 4.78 is 44.0. The average molecular weight is 481 g/mol. The van der Waals surface area contributed by atoms with Crippen molar-refractivity contribution in [3.63, 3.8) is 0 Å². The molecule has 0 unspecified atom stereocenters. The van der Waals surface area contributed by atoms with Crippen LogP contribution in [0.2, 0.25) is 0 Å². The molecule has 0 saturated carbocycles. The van der Waals surface area contributed by atoms with Crippen molar-refractivity contribution >= 4 is 17.5 Å². The Bertz CT molecular complexity index is 1050. The quantitative estimate of drug-likeness (QED) is 0.639. The Morgan fingerprint density at radius 2 is 1.82 bits per heavy atom. The van der Waals surface area contributed by atoms with Gasteiger partial charge in [0, 0.05) is 50.7 Å². The number of carbonyl (C=O) groups excluding carboxylic acids is 1. The number of amides is 1. The maximum atomic E-state index is 12.7. The van der Waals surface area contributed by atoms with Crippen molar-refractivity contribution in [1.82, 2.24) is 25.1 Å². The van der Waals surface area contributed by atoms with Gasteiger partial charge in [0.1, 0.15) is 0 Å². The van der Waals surface area contributed by atoms with E-state index in [0.29, 0.717) is 44.0 Å². The van der Waals surface area contributed by atoms with Gasteiger partial charge in [-0.3, -0.25) is 9.59 Å². The summed E-state index contributed by atoms with van der Waals surface area (Å²) in [6.45, 7) is 3.99. The summed E-state index contributed by atoms with van der Waals surface area (Å²) >= 11 is 0. The summed E-state index contributed by atoms with van der Waals surface area (Å²) in [4.78, 5) is 35.5. The van der Waals surface area contributed by atoms with Gasteiger partial charge in [-0.1, -0.05) is 0 Å². The molecule has 2 aromatic rings. The zero-order valence-electron chi connectivity index (χ0n) is 18.6. The molecule has 10 nitrogen and oxygen atoms in total. The first-order valence-electron chi connectivity index (χ1n) is 11.1. The third-order valence-electron chi connectivity index (χ3n) is 6.10. The van der Waals surface area contributed by atoms with E-state index >= 15 is 0 Å². The number of aromatic amines is 1. The van der Waals surface area contributed by atoms with Crippen LogP contribution in [0.5, 0.6) is 0 Å². The van der Waals surface area contributed by atoms with Crippen molar-refractivity contribution in [2.75, 3.05) is 42.9 Å². The molecular formula is C21H26F3N7O3. The molecule has 1 amide bonds. The van der Waals surface area contributed by atoms with Crippen LogP contribution in [-0.2, 0) is 15.7 Å². The number of H-pyrrole nitrogens is 1. The number of ether oxygens (including phenoxy) is 1. The number of carbonyl (C=O) groups is 1. The van der Waals surface area contributed by atoms with Crippen LogP contribution < -0.4 is 15.8 Å². The Morgan fingerprint density at radius 3 is 2.50 bits per heavy atom. The van der Waals surface area contributed by atoms with Gasteiger partial charge in [0.2, 0.25) is 11.9 Å². The Hall–Kier alpha value is -3.22. The fraction of sp³-hybridized carbons (Fsp3) is 0.571. The number of hydrogen-bond donors (Lipinski definition) is 2. The lowest BCUT2D eigenvalue weighted by Gasteiger charge is -2.35. The van der Waals surface area contributed by atoms with E-state index in [1.54, 1.807) is 22.9 Å². The minimum absolute atomic E-state index is 0.0127. The van der Waals surface area contributed by atoms with Crippen LogP contribution in [0.25, 0.3) is 0 Å². The molecule has 0 spiro atoms. The van der Waals surface area contributed by atoms with Crippen LogP contribution in [0.15, 0.2) is 23.4 Å². The molecule has 2 saturated heterocycles. The van der Waals surface area contributed by atoms with E-state index in [9.17, 15) is 22.8 Å². The average Bonchev–Trinajstić information content (AvgIpc) is 3.27. The molecule has 13 heteroatoms. The van der Waals surface area contributed by atoms with E-state index in [4.69, 9.17) is 4.74 Å². The van der Waals surface area contributed by atoms with Gasteiger partial charge in [0.05, 0.1) is 36.1 Å². The highest BCUT2D eigenvalue weighted by Crippen LogP contribution is 2.28. The minimum Gasteiger partial charge on any atom is -0.381 e. The van der Waals surface area contributed by atoms with Crippen LogP contribution >= 0.6 is 0 Å². The first kappa shape index (κ1) is 23.9. The molecule has 2 fully saturated rings. The molecule has 184 valence electrons. The molecule has 2 aromatic heterocycles. The lowest BCUT2D eigenvalue weighted by Crippen LogP contribution is -2.49. The molecule has 0 bridgehead atoms. The lowest BCUT2D eigenvalue weighted by atomic mass is 10.1. The number of alkyl halides is 3. The highest BCUT2D eigenvalue weighted by atomic mass is 19.4. The van der Waals surface area contributed by atoms with Crippen molar-refractivity contribution in [3.8, 4) is 0 Å². The van der Waals surface area contributed by atoms with Crippen LogP contribution in [-0.4, -0.2) is 75.9 Å². The van der Waals surface area contributed by atoms with Crippen LogP contribution in [0.1, 0.15) is 30.4 Å². The van der Waals surface area contributed by atoms with Gasteiger partial charge in [-0.05, 0) is 19.8 Å². The fourth-order valence-corrected chi connectivity index (χ4v) is 4.05. The highest BCUT2D eigenvalue weighted by molar-refractivity contribution is 5.77. The molecule has 4 rings (SSSR count). The zero-order chi connectivity index (χ0) is 24.3. The smallest absolute Gasteiger partial charge is 0.381 e. The third kappa shape index (κ3) is 5.64. The van der Waals surface area contributed by atoms with E-state index in [1.807, 2.05) is 0 Å². The van der Waals surface area contributed by atoms with Gasteiger partial charge in [-0.25, -0.2) is 15.1 Å². The first-order valence-corrected chi connectivity index (χ1v) is 11.1. The van der Waals surface area contributed by atoms with Gasteiger partial charge < -0.3 is 19.9 Å². The monoisotopic (exact) mass is 481 g/mol. The van der Waals surface area contributed by atoms with E-state index in [1.165, 1.54) is 0 Å². The molecule has 34 heavy (non-hydrogen) atoms. The summed E-state index contributed by atoms with van der Waals surface area (Å²) in [7, 11) is 0.